The number of benzene rings is 1. The highest BCUT2D eigenvalue weighted by Gasteiger charge is 2.03. The molecule has 0 aliphatic heterocycles. The van der Waals surface area contributed by atoms with Gasteiger partial charge in [0.05, 0.1) is 4.90 Å². The van der Waals surface area contributed by atoms with E-state index in [4.69, 9.17) is 4.55 Å². The molecule has 4 heteroatoms. The standard InChI is InChI=1S/C8H9NO2S/c1-9-6-7-4-2-3-5-8(7)12(10)11/h2-6H,1H3,(H,10,11). The van der Waals surface area contributed by atoms with Crippen molar-refractivity contribution in [1.82, 2.24) is 0 Å². The Balaban J connectivity index is 3.17. The SMILES string of the molecule is CN=Cc1ccccc1S(=O)O. The Morgan fingerprint density at radius 2 is 2.17 bits per heavy atom. The van der Waals surface area contributed by atoms with E-state index in [-0.39, 0.29) is 0 Å². The first-order valence-electron chi connectivity index (χ1n) is 3.37. The second-order valence-corrected chi connectivity index (χ2v) is 3.11. The zero-order valence-electron chi connectivity index (χ0n) is 6.60. The molecule has 0 aromatic heterocycles. The van der Waals surface area contributed by atoms with Gasteiger partial charge in [0.2, 0.25) is 0 Å². The van der Waals surface area contributed by atoms with Crippen LogP contribution in [0.15, 0.2) is 34.2 Å². The quantitative estimate of drug-likeness (QED) is 0.555. The summed E-state index contributed by atoms with van der Waals surface area (Å²) >= 11 is -1.93. The molecule has 1 unspecified atom stereocenters. The van der Waals surface area contributed by atoms with E-state index in [0.29, 0.717) is 10.5 Å². The first-order valence-corrected chi connectivity index (χ1v) is 4.48. The highest BCUT2D eigenvalue weighted by Crippen LogP contribution is 2.09. The lowest BCUT2D eigenvalue weighted by Gasteiger charge is -1.98. The first-order chi connectivity index (χ1) is 5.75. The fourth-order valence-electron chi connectivity index (χ4n) is 0.885. The normalized spacial score (nSPS) is 13.5. The second kappa shape index (κ2) is 4.13. The lowest BCUT2D eigenvalue weighted by molar-refractivity contribution is 0.564. The van der Waals surface area contributed by atoms with Crippen molar-refractivity contribution in [3.05, 3.63) is 29.8 Å². The number of rotatable bonds is 2. The molecule has 1 atom stereocenters. The van der Waals surface area contributed by atoms with Crippen LogP contribution in [0.4, 0.5) is 0 Å². The van der Waals surface area contributed by atoms with Gasteiger partial charge < -0.3 is 4.55 Å². The van der Waals surface area contributed by atoms with Crippen molar-refractivity contribution >= 4 is 17.3 Å². The molecule has 0 fully saturated rings. The third-order valence-corrected chi connectivity index (χ3v) is 2.12. The number of hydrogen-bond acceptors (Lipinski definition) is 2. The maximum absolute atomic E-state index is 10.7. The lowest BCUT2D eigenvalue weighted by Crippen LogP contribution is -1.94. The summed E-state index contributed by atoms with van der Waals surface area (Å²) < 4.78 is 19.6. The highest BCUT2D eigenvalue weighted by molar-refractivity contribution is 7.79. The van der Waals surface area contributed by atoms with E-state index in [0.717, 1.165) is 0 Å². The Bertz CT molecular complexity index is 323. The van der Waals surface area contributed by atoms with Gasteiger partial charge in [0.15, 0.2) is 11.1 Å². The van der Waals surface area contributed by atoms with Crippen LogP contribution in [0.3, 0.4) is 0 Å². The van der Waals surface area contributed by atoms with E-state index in [1.54, 1.807) is 37.5 Å². The van der Waals surface area contributed by atoms with Crippen molar-refractivity contribution in [3.63, 3.8) is 0 Å². The molecule has 1 aromatic carbocycles. The van der Waals surface area contributed by atoms with Crippen LogP contribution in [0.1, 0.15) is 5.56 Å². The van der Waals surface area contributed by atoms with Crippen LogP contribution in [-0.4, -0.2) is 22.0 Å². The summed E-state index contributed by atoms with van der Waals surface area (Å²) in [7, 11) is 1.62. The maximum Gasteiger partial charge on any atom is 0.187 e. The topological polar surface area (TPSA) is 49.7 Å². The Kier molecular flexibility index (Phi) is 3.13. The van der Waals surface area contributed by atoms with Crippen LogP contribution in [0, 0.1) is 0 Å². The van der Waals surface area contributed by atoms with E-state index in [1.165, 1.54) is 0 Å². The smallest absolute Gasteiger partial charge is 0.187 e. The molecule has 1 N–H and O–H groups in total. The van der Waals surface area contributed by atoms with Crippen LogP contribution < -0.4 is 0 Å². The molecular weight excluding hydrogens is 174 g/mol. The summed E-state index contributed by atoms with van der Waals surface area (Å²) in [5, 5.41) is 0. The number of nitrogens with zero attached hydrogens (tertiary/aromatic N) is 1. The Morgan fingerprint density at radius 3 is 2.75 bits per heavy atom. The molecule has 1 rings (SSSR count). The van der Waals surface area contributed by atoms with Crippen LogP contribution in [0.5, 0.6) is 0 Å². The summed E-state index contributed by atoms with van der Waals surface area (Å²) in [5.74, 6) is 0. The van der Waals surface area contributed by atoms with Crippen LogP contribution in [0.25, 0.3) is 0 Å². The minimum atomic E-state index is -1.93. The number of hydrogen-bond donors (Lipinski definition) is 1. The minimum Gasteiger partial charge on any atom is -0.302 e. The second-order valence-electron chi connectivity index (χ2n) is 2.17. The Morgan fingerprint density at radius 1 is 1.50 bits per heavy atom. The van der Waals surface area contributed by atoms with Crippen molar-refractivity contribution in [2.45, 2.75) is 4.90 Å². The van der Waals surface area contributed by atoms with Crippen molar-refractivity contribution in [3.8, 4) is 0 Å². The van der Waals surface area contributed by atoms with Gasteiger partial charge in [0.25, 0.3) is 0 Å². The molecule has 0 heterocycles. The largest absolute Gasteiger partial charge is 0.302 e. The fraction of sp³-hybridized carbons (Fsp3) is 0.125. The van der Waals surface area contributed by atoms with Crippen molar-refractivity contribution < 1.29 is 8.76 Å². The maximum atomic E-state index is 10.7. The average Bonchev–Trinajstić information content (AvgIpc) is 2.05. The van der Waals surface area contributed by atoms with Crippen LogP contribution in [0.2, 0.25) is 0 Å². The fourth-order valence-corrected chi connectivity index (χ4v) is 1.40. The monoisotopic (exact) mass is 183 g/mol. The molecule has 0 aliphatic carbocycles. The van der Waals surface area contributed by atoms with Gasteiger partial charge in [-0.2, -0.15) is 0 Å². The van der Waals surface area contributed by atoms with E-state index in [9.17, 15) is 4.21 Å². The molecule has 64 valence electrons. The van der Waals surface area contributed by atoms with Crippen molar-refractivity contribution in [2.24, 2.45) is 4.99 Å². The van der Waals surface area contributed by atoms with Gasteiger partial charge in [-0.15, -0.1) is 0 Å². The van der Waals surface area contributed by atoms with E-state index in [1.807, 2.05) is 0 Å². The summed E-state index contributed by atoms with van der Waals surface area (Å²) in [6.45, 7) is 0. The number of aliphatic imine (C=N–C) groups is 1. The zero-order valence-corrected chi connectivity index (χ0v) is 7.41. The lowest BCUT2D eigenvalue weighted by atomic mass is 10.2. The molecule has 12 heavy (non-hydrogen) atoms. The third-order valence-electron chi connectivity index (χ3n) is 1.38. The third kappa shape index (κ3) is 1.99. The zero-order chi connectivity index (χ0) is 8.97. The molecule has 0 saturated heterocycles. The van der Waals surface area contributed by atoms with Gasteiger partial charge in [-0.1, -0.05) is 18.2 Å². The summed E-state index contributed by atoms with van der Waals surface area (Å²) in [4.78, 5) is 4.17. The summed E-state index contributed by atoms with van der Waals surface area (Å²) in [5.41, 5.74) is 0.681. The molecule has 0 bridgehead atoms. The van der Waals surface area contributed by atoms with Gasteiger partial charge in [-0.05, 0) is 6.07 Å². The summed E-state index contributed by atoms with van der Waals surface area (Å²) in [6.07, 6.45) is 1.56. The minimum absolute atomic E-state index is 0.392. The van der Waals surface area contributed by atoms with Crippen LogP contribution in [-0.2, 0) is 11.1 Å². The molecule has 0 amide bonds. The molecule has 0 radical (unpaired) electrons. The van der Waals surface area contributed by atoms with E-state index in [2.05, 4.69) is 4.99 Å². The predicted molar refractivity (Wildman–Crippen MR) is 49.0 cm³/mol. The van der Waals surface area contributed by atoms with Gasteiger partial charge >= 0.3 is 0 Å². The molecule has 0 aliphatic rings. The van der Waals surface area contributed by atoms with E-state index < -0.39 is 11.1 Å². The van der Waals surface area contributed by atoms with Gasteiger partial charge in [-0.3, -0.25) is 4.99 Å². The summed E-state index contributed by atoms with van der Waals surface area (Å²) in [6, 6.07) is 6.87. The van der Waals surface area contributed by atoms with Crippen molar-refractivity contribution in [1.29, 1.82) is 0 Å². The molecule has 3 nitrogen and oxygen atoms in total. The predicted octanol–water partition coefficient (Wildman–Crippen LogP) is 1.32. The molecule has 0 saturated carbocycles. The van der Waals surface area contributed by atoms with E-state index >= 15 is 0 Å². The average molecular weight is 183 g/mol. The highest BCUT2D eigenvalue weighted by atomic mass is 32.2. The van der Waals surface area contributed by atoms with Crippen LogP contribution >= 0.6 is 0 Å². The molecule has 0 spiro atoms. The molecular formula is C8H9NO2S. The first kappa shape index (κ1) is 9.09. The Labute approximate surface area is 73.4 Å². The van der Waals surface area contributed by atoms with Gasteiger partial charge in [-0.25, -0.2) is 4.21 Å². The van der Waals surface area contributed by atoms with Crippen molar-refractivity contribution in [2.75, 3.05) is 7.05 Å². The Hall–Kier alpha value is -1.00. The van der Waals surface area contributed by atoms with Gasteiger partial charge in [0.1, 0.15) is 0 Å². The van der Waals surface area contributed by atoms with Gasteiger partial charge in [0, 0.05) is 18.8 Å². The molecule has 1 aromatic rings.